The van der Waals surface area contributed by atoms with E-state index in [9.17, 15) is 0 Å². The van der Waals surface area contributed by atoms with Gasteiger partial charge in [-0.25, -0.2) is 0 Å². The summed E-state index contributed by atoms with van der Waals surface area (Å²) in [6, 6.07) is 0.669. The molecular formula is C7H14N2PS+. The molecule has 0 spiro atoms. The van der Waals surface area contributed by atoms with Crippen LogP contribution in [0.25, 0.3) is 0 Å². The van der Waals surface area contributed by atoms with Gasteiger partial charge in [0.2, 0.25) is 11.8 Å². The first-order valence-corrected chi connectivity index (χ1v) is 6.66. The van der Waals surface area contributed by atoms with E-state index in [0.717, 1.165) is 11.8 Å². The van der Waals surface area contributed by atoms with Gasteiger partial charge >= 0.3 is 7.00 Å². The van der Waals surface area contributed by atoms with E-state index in [-0.39, 0.29) is 0 Å². The zero-order valence-corrected chi connectivity index (χ0v) is 8.20. The Kier molecular flexibility index (Phi) is 2.24. The van der Waals surface area contributed by atoms with Gasteiger partial charge in [-0.15, -0.1) is 10.6 Å². The molecule has 0 radical (unpaired) electrons. The number of nitrogens with one attached hydrogen (secondary N) is 1. The molecule has 11 heavy (non-hydrogen) atoms. The third-order valence-electron chi connectivity index (χ3n) is 3.03. The lowest BCUT2D eigenvalue weighted by atomic mass is 9.96. The molecule has 4 heteroatoms. The molecule has 2 rings (SSSR count). The van der Waals surface area contributed by atoms with Crippen LogP contribution in [0.4, 0.5) is 0 Å². The van der Waals surface area contributed by atoms with Gasteiger partial charge in [0.1, 0.15) is 0 Å². The second-order valence-corrected chi connectivity index (χ2v) is 5.83. The van der Waals surface area contributed by atoms with Crippen molar-refractivity contribution in [2.75, 3.05) is 0 Å². The summed E-state index contributed by atoms with van der Waals surface area (Å²) < 4.78 is 0. The highest BCUT2D eigenvalue weighted by molar-refractivity contribution is 8.03. The highest BCUT2D eigenvalue weighted by Crippen LogP contribution is 2.45. The predicted molar refractivity (Wildman–Crippen MR) is 50.8 cm³/mol. The summed E-state index contributed by atoms with van der Waals surface area (Å²) in [5.74, 6) is 1.89. The van der Waals surface area contributed by atoms with Gasteiger partial charge in [0.25, 0.3) is 0 Å². The molecule has 2 saturated carbocycles. The van der Waals surface area contributed by atoms with Crippen LogP contribution in [0.15, 0.2) is 0 Å². The molecule has 0 aromatic heterocycles. The van der Waals surface area contributed by atoms with Crippen molar-refractivity contribution in [3.05, 3.63) is 0 Å². The fraction of sp³-hybridized carbons (Fsp3) is 1.00. The normalized spacial score (nSPS) is 43.0. The summed E-state index contributed by atoms with van der Waals surface area (Å²) in [4.78, 5) is 0. The summed E-state index contributed by atoms with van der Waals surface area (Å²) in [6.45, 7) is -0.790. The van der Waals surface area contributed by atoms with E-state index < -0.39 is 7.00 Å². The molecule has 62 valence electrons. The zero-order valence-electron chi connectivity index (χ0n) is 6.49. The maximum absolute atomic E-state index is 5.57. The van der Waals surface area contributed by atoms with Crippen molar-refractivity contribution in [3.8, 4) is 0 Å². The van der Waals surface area contributed by atoms with Crippen molar-refractivity contribution < 1.29 is 0 Å². The molecular weight excluding hydrogens is 175 g/mol. The molecule has 4 atom stereocenters. The molecule has 0 saturated heterocycles. The van der Waals surface area contributed by atoms with Crippen LogP contribution in [0, 0.1) is 11.8 Å². The van der Waals surface area contributed by atoms with Crippen molar-refractivity contribution in [2.24, 2.45) is 17.3 Å². The van der Waals surface area contributed by atoms with Crippen LogP contribution in [0.1, 0.15) is 25.7 Å². The number of rotatable bonds is 2. The predicted octanol–water partition coefficient (Wildman–Crippen LogP) is 1.50. The molecule has 2 fully saturated rings. The van der Waals surface area contributed by atoms with E-state index in [4.69, 9.17) is 17.3 Å². The Balaban J connectivity index is 1.92. The SMILES string of the molecule is N[P+](=S)NC1CC2CCC1C2. The van der Waals surface area contributed by atoms with E-state index >= 15 is 0 Å². The van der Waals surface area contributed by atoms with Gasteiger partial charge in [0.05, 0.1) is 6.04 Å². The Morgan fingerprint density at radius 1 is 1.36 bits per heavy atom. The van der Waals surface area contributed by atoms with Crippen LogP contribution in [0.3, 0.4) is 0 Å². The summed E-state index contributed by atoms with van der Waals surface area (Å²) in [5, 5.41) is 3.33. The minimum atomic E-state index is -0.790. The number of hydrogen-bond donors (Lipinski definition) is 2. The van der Waals surface area contributed by atoms with Crippen LogP contribution in [-0.2, 0) is 11.8 Å². The van der Waals surface area contributed by atoms with Gasteiger partial charge in [0, 0.05) is 0 Å². The number of nitrogens with two attached hydrogens (primary N) is 1. The average molecular weight is 189 g/mol. The van der Waals surface area contributed by atoms with Gasteiger partial charge in [-0.1, -0.05) is 6.42 Å². The number of fused-ring (bicyclic) bond motifs is 2. The molecule has 0 heterocycles. The average Bonchev–Trinajstić information content (AvgIpc) is 2.45. The van der Waals surface area contributed by atoms with Crippen LogP contribution in [-0.4, -0.2) is 6.04 Å². The van der Waals surface area contributed by atoms with Crippen molar-refractivity contribution in [1.29, 1.82) is 0 Å². The molecule has 0 aliphatic heterocycles. The quantitative estimate of drug-likeness (QED) is 0.646. The lowest BCUT2D eigenvalue weighted by molar-refractivity contribution is 0.399. The van der Waals surface area contributed by atoms with Gasteiger partial charge in [-0.05, 0) is 31.1 Å². The highest BCUT2D eigenvalue weighted by Gasteiger charge is 2.41. The summed E-state index contributed by atoms with van der Waals surface area (Å²) in [5.41, 5.74) is 5.57. The monoisotopic (exact) mass is 189 g/mol. The molecule has 3 N–H and O–H groups in total. The molecule has 2 bridgehead atoms. The van der Waals surface area contributed by atoms with Crippen LogP contribution >= 0.6 is 7.00 Å². The van der Waals surface area contributed by atoms with Crippen LogP contribution < -0.4 is 10.6 Å². The van der Waals surface area contributed by atoms with E-state index in [2.05, 4.69) is 5.09 Å². The Morgan fingerprint density at radius 2 is 2.18 bits per heavy atom. The fourth-order valence-electron chi connectivity index (χ4n) is 2.57. The van der Waals surface area contributed by atoms with E-state index in [1.165, 1.54) is 25.7 Å². The molecule has 2 aliphatic rings. The zero-order chi connectivity index (χ0) is 7.84. The molecule has 2 nitrogen and oxygen atoms in total. The number of hydrogen-bond acceptors (Lipinski definition) is 1. The molecule has 0 aromatic rings. The minimum Gasteiger partial charge on any atom is -0.129 e. The second-order valence-electron chi connectivity index (χ2n) is 3.74. The molecule has 0 amide bonds. The highest BCUT2D eigenvalue weighted by atomic mass is 32.4. The smallest absolute Gasteiger partial charge is 0.129 e. The van der Waals surface area contributed by atoms with Crippen LogP contribution in [0.2, 0.25) is 0 Å². The third-order valence-corrected chi connectivity index (χ3v) is 3.93. The fourth-order valence-corrected chi connectivity index (χ4v) is 3.62. The Bertz CT molecular complexity index is 185. The Hall–Kier alpha value is 0.440. The Labute approximate surface area is 73.5 Å². The molecule has 2 aliphatic carbocycles. The maximum Gasteiger partial charge on any atom is 0.358 e. The Morgan fingerprint density at radius 3 is 2.64 bits per heavy atom. The van der Waals surface area contributed by atoms with Gasteiger partial charge in [0.15, 0.2) is 0 Å². The first-order chi connectivity index (χ1) is 5.25. The van der Waals surface area contributed by atoms with E-state index in [1.54, 1.807) is 0 Å². The summed E-state index contributed by atoms with van der Waals surface area (Å²) >= 11 is 4.96. The maximum atomic E-state index is 5.57. The lowest BCUT2D eigenvalue weighted by Crippen LogP contribution is -2.29. The standard InChI is InChI=1S/C7H14N2PS/c8-10(11)9-7-4-5-1-2-6(7)3-5/h5-7H,1-4H2,(H3,8,9,11)/q+1. The van der Waals surface area contributed by atoms with Crippen molar-refractivity contribution in [3.63, 3.8) is 0 Å². The third kappa shape index (κ3) is 1.62. The van der Waals surface area contributed by atoms with Crippen molar-refractivity contribution in [2.45, 2.75) is 31.7 Å². The topological polar surface area (TPSA) is 38.0 Å². The minimum absolute atomic E-state index is 0.669. The van der Waals surface area contributed by atoms with Crippen molar-refractivity contribution in [1.82, 2.24) is 5.09 Å². The van der Waals surface area contributed by atoms with Gasteiger partial charge in [-0.2, -0.15) is 0 Å². The van der Waals surface area contributed by atoms with Gasteiger partial charge < -0.3 is 0 Å². The molecule has 0 aromatic carbocycles. The first kappa shape index (κ1) is 8.06. The van der Waals surface area contributed by atoms with Crippen molar-refractivity contribution >= 4 is 18.8 Å². The summed E-state index contributed by atoms with van der Waals surface area (Å²) in [6.07, 6.45) is 5.61. The van der Waals surface area contributed by atoms with E-state index in [1.807, 2.05) is 0 Å². The first-order valence-electron chi connectivity index (χ1n) is 4.24. The van der Waals surface area contributed by atoms with Crippen LogP contribution in [0.5, 0.6) is 0 Å². The second kappa shape index (κ2) is 3.06. The summed E-state index contributed by atoms with van der Waals surface area (Å²) in [7, 11) is 0. The lowest BCUT2D eigenvalue weighted by Gasteiger charge is -2.17. The van der Waals surface area contributed by atoms with E-state index in [0.29, 0.717) is 6.04 Å². The van der Waals surface area contributed by atoms with Gasteiger partial charge in [-0.3, -0.25) is 0 Å². The largest absolute Gasteiger partial charge is 0.358 e. The molecule has 4 unspecified atom stereocenters.